The summed E-state index contributed by atoms with van der Waals surface area (Å²) in [6.45, 7) is -2.96. The van der Waals surface area contributed by atoms with Gasteiger partial charge in [-0.1, -0.05) is 0 Å². The number of anilines is 1. The number of carbonyl (C=O) groups excluding carboxylic acids is 2. The summed E-state index contributed by atoms with van der Waals surface area (Å²) in [5.74, 6) is -4.60. The second-order valence-electron chi connectivity index (χ2n) is 11.9. The number of rotatable bonds is 11. The van der Waals surface area contributed by atoms with Crippen LogP contribution >= 0.6 is 0 Å². The van der Waals surface area contributed by atoms with Gasteiger partial charge >= 0.3 is 6.61 Å². The van der Waals surface area contributed by atoms with E-state index in [1.165, 1.54) is 28.8 Å². The third-order valence-electron chi connectivity index (χ3n) is 8.18. The number of nitrogens with zero attached hydrogens (tertiary/aromatic N) is 3. The molecule has 3 aromatic rings. The number of aromatic nitrogens is 2. The van der Waals surface area contributed by atoms with Crippen LogP contribution in [0.4, 0.5) is 23.4 Å². The van der Waals surface area contributed by atoms with Crippen LogP contribution in [0.5, 0.6) is 5.75 Å². The quantitative estimate of drug-likeness (QED) is 0.295. The maximum atomic E-state index is 13.6. The molecule has 2 aliphatic heterocycles. The van der Waals surface area contributed by atoms with Crippen LogP contribution in [0.1, 0.15) is 63.6 Å². The second kappa shape index (κ2) is 12.8. The van der Waals surface area contributed by atoms with Crippen molar-refractivity contribution in [2.75, 3.05) is 31.6 Å². The van der Waals surface area contributed by atoms with Crippen molar-refractivity contribution in [1.29, 1.82) is 0 Å². The normalized spacial score (nSPS) is 18.8. The summed E-state index contributed by atoms with van der Waals surface area (Å²) >= 11 is 0. The first-order valence-corrected chi connectivity index (χ1v) is 15.1. The number of amides is 2. The average Bonchev–Trinajstić information content (AvgIpc) is 3.72. The van der Waals surface area contributed by atoms with E-state index in [2.05, 4.69) is 20.4 Å². The third-order valence-corrected chi connectivity index (χ3v) is 8.18. The number of carbonyl (C=O) groups is 2. The molecule has 2 saturated heterocycles. The zero-order valence-electron chi connectivity index (χ0n) is 25.0. The first-order valence-electron chi connectivity index (χ1n) is 15.1. The molecule has 14 heteroatoms. The van der Waals surface area contributed by atoms with Crippen LogP contribution in [0, 0.1) is 0 Å². The van der Waals surface area contributed by atoms with Gasteiger partial charge in [0.05, 0.1) is 24.8 Å². The van der Waals surface area contributed by atoms with Crippen molar-refractivity contribution in [2.24, 2.45) is 7.05 Å². The molecule has 4 heterocycles. The monoisotopic (exact) mass is 643 g/mol. The van der Waals surface area contributed by atoms with Crippen LogP contribution in [0.15, 0.2) is 47.4 Å². The molecule has 1 saturated carbocycles. The second-order valence-corrected chi connectivity index (χ2v) is 11.9. The Morgan fingerprint density at radius 2 is 1.89 bits per heavy atom. The largest absolute Gasteiger partial charge is 0.435 e. The molecule has 0 spiro atoms. The highest BCUT2D eigenvalue weighted by atomic mass is 19.3. The lowest BCUT2D eigenvalue weighted by molar-refractivity contribution is -0.113. The number of alkyl halides is 4. The molecule has 2 aromatic heterocycles. The van der Waals surface area contributed by atoms with Gasteiger partial charge in [0.15, 0.2) is 0 Å². The molecule has 0 unspecified atom stereocenters. The topological polar surface area (TPSA) is 115 Å². The Balaban J connectivity index is 1.29. The Kier molecular flexibility index (Phi) is 8.84. The van der Waals surface area contributed by atoms with Gasteiger partial charge in [-0.15, -0.1) is 0 Å². The standard InChI is InChI=1S/C32H33F4N5O5/c1-40-15-18(13-37-14-22-3-2-8-45-22)9-25(29(40)43)28(42)39-27-11-20(10-26(38-27)19-4-5-19)23-7-6-21(46-31(33)34)12-24(23)30(44)41-16-32(35,36)17-41/h6-7,9-12,15,19,22,31,37H,2-5,8,13-14,16-17H2,1H3,(H,38,39,42)/t22-/m0/s1. The molecule has 10 nitrogen and oxygen atoms in total. The lowest BCUT2D eigenvalue weighted by Crippen LogP contribution is -2.58. The predicted octanol–water partition coefficient (Wildman–Crippen LogP) is 4.54. The van der Waals surface area contributed by atoms with E-state index >= 15 is 0 Å². The lowest BCUT2D eigenvalue weighted by Gasteiger charge is -2.39. The Labute approximate surface area is 261 Å². The van der Waals surface area contributed by atoms with E-state index in [0.717, 1.165) is 48.8 Å². The Morgan fingerprint density at radius 1 is 1.11 bits per heavy atom. The van der Waals surface area contributed by atoms with Crippen molar-refractivity contribution in [3.05, 3.63) is 75.3 Å². The van der Waals surface area contributed by atoms with Gasteiger partial charge in [-0.2, -0.15) is 8.78 Å². The van der Waals surface area contributed by atoms with Gasteiger partial charge in [-0.3, -0.25) is 14.4 Å². The zero-order valence-corrected chi connectivity index (χ0v) is 25.0. The fourth-order valence-electron chi connectivity index (χ4n) is 5.72. The van der Waals surface area contributed by atoms with E-state index in [1.54, 1.807) is 19.3 Å². The summed E-state index contributed by atoms with van der Waals surface area (Å²) in [5.41, 5.74) is 1.29. The molecule has 1 aliphatic carbocycles. The minimum absolute atomic E-state index is 0.0939. The molecular weight excluding hydrogens is 610 g/mol. The maximum Gasteiger partial charge on any atom is 0.387 e. The number of halogens is 4. The van der Waals surface area contributed by atoms with Gasteiger partial charge in [-0.25, -0.2) is 13.8 Å². The SMILES string of the molecule is Cn1cc(CNC[C@@H]2CCCO2)cc(C(=O)Nc2cc(-c3ccc(OC(F)F)cc3C(=O)N3CC(F)(F)C3)cc(C3CC3)n2)c1=O. The smallest absolute Gasteiger partial charge is 0.387 e. The van der Waals surface area contributed by atoms with Gasteiger partial charge < -0.3 is 29.6 Å². The van der Waals surface area contributed by atoms with Crippen LogP contribution in [-0.2, 0) is 18.3 Å². The average molecular weight is 644 g/mol. The molecule has 0 bridgehead atoms. The minimum Gasteiger partial charge on any atom is -0.435 e. The Morgan fingerprint density at radius 3 is 2.57 bits per heavy atom. The fraction of sp³-hybridized carbons (Fsp3) is 0.438. The summed E-state index contributed by atoms with van der Waals surface area (Å²) in [6, 6.07) is 8.47. The van der Waals surface area contributed by atoms with E-state index in [-0.39, 0.29) is 40.3 Å². The summed E-state index contributed by atoms with van der Waals surface area (Å²) in [6.07, 6.45) is 5.47. The fourth-order valence-corrected chi connectivity index (χ4v) is 5.72. The molecule has 2 N–H and O–H groups in total. The number of benzene rings is 1. The van der Waals surface area contributed by atoms with Gasteiger partial charge in [0, 0.05) is 44.6 Å². The Hall–Kier alpha value is -4.30. The van der Waals surface area contributed by atoms with Crippen molar-refractivity contribution in [3.8, 4) is 16.9 Å². The lowest BCUT2D eigenvalue weighted by atomic mass is 9.96. The first-order chi connectivity index (χ1) is 22.0. The molecule has 46 heavy (non-hydrogen) atoms. The first kappa shape index (κ1) is 31.7. The third kappa shape index (κ3) is 7.23. The van der Waals surface area contributed by atoms with Crippen LogP contribution in [0.2, 0.25) is 0 Å². The summed E-state index contributed by atoms with van der Waals surface area (Å²) in [4.78, 5) is 45.2. The van der Waals surface area contributed by atoms with Crippen molar-refractivity contribution < 1.29 is 36.6 Å². The highest BCUT2D eigenvalue weighted by Gasteiger charge is 2.46. The summed E-state index contributed by atoms with van der Waals surface area (Å²) in [7, 11) is 1.56. The van der Waals surface area contributed by atoms with E-state index in [0.29, 0.717) is 24.3 Å². The highest BCUT2D eigenvalue weighted by molar-refractivity contribution is 6.05. The summed E-state index contributed by atoms with van der Waals surface area (Å²) in [5, 5.41) is 6.01. The molecular formula is C32H33F4N5O5. The zero-order chi connectivity index (χ0) is 32.6. The maximum absolute atomic E-state index is 13.6. The van der Waals surface area contributed by atoms with Crippen molar-refractivity contribution in [1.82, 2.24) is 19.8 Å². The molecule has 6 rings (SSSR count). The number of nitrogens with one attached hydrogen (secondary N) is 2. The summed E-state index contributed by atoms with van der Waals surface area (Å²) < 4.78 is 64.6. The number of pyridine rings is 2. The number of ether oxygens (including phenoxy) is 2. The number of hydrogen-bond donors (Lipinski definition) is 2. The number of likely N-dealkylation sites (tertiary alicyclic amines) is 1. The molecule has 244 valence electrons. The predicted molar refractivity (Wildman–Crippen MR) is 159 cm³/mol. The minimum atomic E-state index is -3.16. The van der Waals surface area contributed by atoms with Crippen LogP contribution in [-0.4, -0.2) is 71.1 Å². The highest BCUT2D eigenvalue weighted by Crippen LogP contribution is 2.42. The molecule has 3 aliphatic rings. The van der Waals surface area contributed by atoms with E-state index < -0.39 is 43.0 Å². The van der Waals surface area contributed by atoms with Crippen molar-refractivity contribution in [3.63, 3.8) is 0 Å². The van der Waals surface area contributed by atoms with Gasteiger partial charge in [-0.05, 0) is 78.8 Å². The Bertz CT molecular complexity index is 1700. The molecule has 0 radical (unpaired) electrons. The van der Waals surface area contributed by atoms with E-state index in [4.69, 9.17) is 4.74 Å². The van der Waals surface area contributed by atoms with Crippen molar-refractivity contribution >= 4 is 17.6 Å². The molecule has 3 fully saturated rings. The van der Waals surface area contributed by atoms with Gasteiger partial charge in [0.1, 0.15) is 17.1 Å². The van der Waals surface area contributed by atoms with E-state index in [9.17, 15) is 31.9 Å². The number of hydrogen-bond acceptors (Lipinski definition) is 7. The van der Waals surface area contributed by atoms with Gasteiger partial charge in [0.2, 0.25) is 0 Å². The van der Waals surface area contributed by atoms with Crippen molar-refractivity contribution in [2.45, 2.75) is 56.8 Å². The molecule has 1 aromatic carbocycles. The number of aryl methyl sites for hydroxylation is 1. The molecule has 2 amide bonds. The van der Waals surface area contributed by atoms with Gasteiger partial charge in [0.25, 0.3) is 23.3 Å². The molecule has 1 atom stereocenters. The van der Waals surface area contributed by atoms with Crippen LogP contribution in [0.3, 0.4) is 0 Å². The van der Waals surface area contributed by atoms with E-state index in [1.807, 2.05) is 0 Å². The van der Waals surface area contributed by atoms with Crippen LogP contribution in [0.25, 0.3) is 11.1 Å². The van der Waals surface area contributed by atoms with Crippen LogP contribution < -0.4 is 20.9 Å².